The fourth-order valence-electron chi connectivity index (χ4n) is 2.58. The van der Waals surface area contributed by atoms with E-state index in [-0.39, 0.29) is 21.6 Å². The van der Waals surface area contributed by atoms with E-state index in [0.717, 1.165) is 18.6 Å². The second-order valence-electron chi connectivity index (χ2n) is 5.91. The molecule has 1 aromatic rings. The molecular weight excluding hydrogens is 287 g/mol. The summed E-state index contributed by atoms with van der Waals surface area (Å²) in [7, 11) is -1.51. The maximum Gasteiger partial charge on any atom is 0.416 e. The first-order valence-corrected chi connectivity index (χ1v) is 7.67. The van der Waals surface area contributed by atoms with E-state index in [4.69, 9.17) is 5.73 Å². The van der Waals surface area contributed by atoms with Gasteiger partial charge in [-0.05, 0) is 36.5 Å². The summed E-state index contributed by atoms with van der Waals surface area (Å²) in [4.78, 5) is 0.206. The van der Waals surface area contributed by atoms with Crippen LogP contribution in [0.2, 0.25) is 0 Å². The summed E-state index contributed by atoms with van der Waals surface area (Å²) in [6.45, 7) is 4.00. The largest absolute Gasteiger partial charge is 0.416 e. The first-order valence-electron chi connectivity index (χ1n) is 6.46. The highest BCUT2D eigenvalue weighted by Crippen LogP contribution is 2.40. The van der Waals surface area contributed by atoms with Gasteiger partial charge in [-0.25, -0.2) is 0 Å². The monoisotopic (exact) mass is 305 g/mol. The van der Waals surface area contributed by atoms with Gasteiger partial charge in [-0.15, -0.1) is 0 Å². The van der Waals surface area contributed by atoms with Gasteiger partial charge in [0, 0.05) is 10.9 Å². The predicted molar refractivity (Wildman–Crippen MR) is 72.6 cm³/mol. The lowest BCUT2D eigenvalue weighted by molar-refractivity contribution is -0.137. The van der Waals surface area contributed by atoms with Crippen LogP contribution in [0.5, 0.6) is 0 Å². The second-order valence-corrected chi connectivity index (χ2v) is 7.59. The van der Waals surface area contributed by atoms with Crippen molar-refractivity contribution in [2.45, 2.75) is 49.1 Å². The number of benzene rings is 1. The van der Waals surface area contributed by atoms with Gasteiger partial charge < -0.3 is 5.73 Å². The van der Waals surface area contributed by atoms with Crippen molar-refractivity contribution in [3.05, 3.63) is 29.8 Å². The van der Waals surface area contributed by atoms with Crippen molar-refractivity contribution in [2.75, 3.05) is 0 Å². The van der Waals surface area contributed by atoms with Crippen LogP contribution in [0.3, 0.4) is 0 Å². The molecule has 1 aliphatic rings. The van der Waals surface area contributed by atoms with Crippen LogP contribution >= 0.6 is 0 Å². The SMILES string of the molecule is CC1(C)CCC(S(=O)c2cccc(C(F)(F)F)c2)C1N. The summed E-state index contributed by atoms with van der Waals surface area (Å²) in [6, 6.07) is 4.45. The van der Waals surface area contributed by atoms with E-state index in [2.05, 4.69) is 0 Å². The Bertz CT molecular complexity index is 527. The highest BCUT2D eigenvalue weighted by atomic mass is 32.2. The van der Waals surface area contributed by atoms with Crippen LogP contribution in [0.25, 0.3) is 0 Å². The summed E-state index contributed by atoms with van der Waals surface area (Å²) in [5.74, 6) is 0. The Morgan fingerprint density at radius 1 is 1.35 bits per heavy atom. The number of hydrogen-bond donors (Lipinski definition) is 1. The maximum absolute atomic E-state index is 12.7. The molecular formula is C14H18F3NOS. The van der Waals surface area contributed by atoms with Crippen LogP contribution in [0.1, 0.15) is 32.3 Å². The highest BCUT2D eigenvalue weighted by Gasteiger charge is 2.43. The lowest BCUT2D eigenvalue weighted by atomic mass is 9.88. The third-order valence-corrected chi connectivity index (χ3v) is 5.84. The number of halogens is 3. The number of nitrogens with two attached hydrogens (primary N) is 1. The normalized spacial score (nSPS) is 27.5. The molecule has 2 rings (SSSR count). The summed E-state index contributed by atoms with van der Waals surface area (Å²) in [5, 5.41) is -0.284. The van der Waals surface area contributed by atoms with Gasteiger partial charge >= 0.3 is 6.18 Å². The van der Waals surface area contributed by atoms with E-state index in [1.54, 1.807) is 0 Å². The average Bonchev–Trinajstić information content (AvgIpc) is 2.63. The number of alkyl halides is 3. The van der Waals surface area contributed by atoms with Crippen LogP contribution in [-0.4, -0.2) is 15.5 Å². The van der Waals surface area contributed by atoms with Crippen molar-refractivity contribution in [2.24, 2.45) is 11.1 Å². The molecule has 3 unspecified atom stereocenters. The van der Waals surface area contributed by atoms with Crippen molar-refractivity contribution < 1.29 is 17.4 Å². The van der Waals surface area contributed by atoms with Crippen molar-refractivity contribution in [1.82, 2.24) is 0 Å². The fourth-order valence-corrected chi connectivity index (χ4v) is 4.35. The Balaban J connectivity index is 2.27. The van der Waals surface area contributed by atoms with Gasteiger partial charge in [-0.3, -0.25) is 4.21 Å². The van der Waals surface area contributed by atoms with Crippen molar-refractivity contribution in [3.63, 3.8) is 0 Å². The highest BCUT2D eigenvalue weighted by molar-refractivity contribution is 7.85. The Morgan fingerprint density at radius 2 is 2.00 bits per heavy atom. The summed E-state index contributed by atoms with van der Waals surface area (Å²) >= 11 is 0. The number of rotatable bonds is 2. The molecule has 0 heterocycles. The molecule has 0 aromatic heterocycles. The zero-order valence-electron chi connectivity index (χ0n) is 11.4. The average molecular weight is 305 g/mol. The van der Waals surface area contributed by atoms with Crippen molar-refractivity contribution >= 4 is 10.8 Å². The van der Waals surface area contributed by atoms with E-state index in [9.17, 15) is 17.4 Å². The van der Waals surface area contributed by atoms with Gasteiger partial charge in [0.2, 0.25) is 0 Å². The molecule has 1 aliphatic carbocycles. The van der Waals surface area contributed by atoms with Gasteiger partial charge in [0.05, 0.1) is 21.6 Å². The molecule has 112 valence electrons. The van der Waals surface area contributed by atoms with Crippen LogP contribution < -0.4 is 5.73 Å². The van der Waals surface area contributed by atoms with Gasteiger partial charge in [-0.2, -0.15) is 13.2 Å². The molecule has 1 saturated carbocycles. The van der Waals surface area contributed by atoms with Gasteiger partial charge in [-0.1, -0.05) is 19.9 Å². The molecule has 6 heteroatoms. The molecule has 1 fully saturated rings. The minimum atomic E-state index is -4.42. The molecule has 0 spiro atoms. The second kappa shape index (κ2) is 5.15. The third-order valence-electron chi connectivity index (χ3n) is 4.04. The quantitative estimate of drug-likeness (QED) is 0.911. The summed E-state index contributed by atoms with van der Waals surface area (Å²) in [6.07, 6.45) is -2.90. The zero-order chi connectivity index (χ0) is 15.1. The van der Waals surface area contributed by atoms with Gasteiger partial charge in [0.25, 0.3) is 0 Å². The Labute approximate surface area is 119 Å². The zero-order valence-corrected chi connectivity index (χ0v) is 12.2. The maximum atomic E-state index is 12.7. The fraction of sp³-hybridized carbons (Fsp3) is 0.571. The topological polar surface area (TPSA) is 43.1 Å². The predicted octanol–water partition coefficient (Wildman–Crippen LogP) is 3.33. The van der Waals surface area contributed by atoms with E-state index in [1.807, 2.05) is 13.8 Å². The van der Waals surface area contributed by atoms with Gasteiger partial charge in [0.1, 0.15) is 0 Å². The molecule has 20 heavy (non-hydrogen) atoms. The molecule has 0 radical (unpaired) electrons. The van der Waals surface area contributed by atoms with Crippen LogP contribution in [-0.2, 0) is 17.0 Å². The van der Waals surface area contributed by atoms with E-state index < -0.39 is 22.5 Å². The van der Waals surface area contributed by atoms with E-state index >= 15 is 0 Å². The van der Waals surface area contributed by atoms with Gasteiger partial charge in [0.15, 0.2) is 0 Å². The smallest absolute Gasteiger partial charge is 0.326 e. The standard InChI is InChI=1S/C14H18F3NOS/c1-13(2)7-6-11(12(13)18)20(19)10-5-3-4-9(8-10)14(15,16)17/h3-5,8,11-12H,6-7,18H2,1-2H3. The molecule has 3 atom stereocenters. The Kier molecular flexibility index (Phi) is 3.99. The molecule has 1 aromatic carbocycles. The first kappa shape index (κ1) is 15.5. The molecule has 2 N–H and O–H groups in total. The molecule has 0 saturated heterocycles. The van der Waals surface area contributed by atoms with Crippen molar-refractivity contribution in [1.29, 1.82) is 0 Å². The van der Waals surface area contributed by atoms with Crippen LogP contribution in [0, 0.1) is 5.41 Å². The van der Waals surface area contributed by atoms with Crippen LogP contribution in [0.15, 0.2) is 29.2 Å². The molecule has 2 nitrogen and oxygen atoms in total. The Hall–Kier alpha value is -0.880. The number of hydrogen-bond acceptors (Lipinski definition) is 2. The molecule has 0 amide bonds. The minimum absolute atomic E-state index is 0.123. The van der Waals surface area contributed by atoms with E-state index in [0.29, 0.717) is 6.42 Å². The minimum Gasteiger partial charge on any atom is -0.326 e. The summed E-state index contributed by atoms with van der Waals surface area (Å²) < 4.78 is 50.5. The summed E-state index contributed by atoms with van der Waals surface area (Å²) in [5.41, 5.74) is 5.21. The lowest BCUT2D eigenvalue weighted by Crippen LogP contribution is -2.41. The third kappa shape index (κ3) is 2.91. The van der Waals surface area contributed by atoms with Crippen LogP contribution in [0.4, 0.5) is 13.2 Å². The van der Waals surface area contributed by atoms with E-state index in [1.165, 1.54) is 12.1 Å². The first-order chi connectivity index (χ1) is 9.13. The van der Waals surface area contributed by atoms with Crippen molar-refractivity contribution in [3.8, 4) is 0 Å². The Morgan fingerprint density at radius 3 is 2.50 bits per heavy atom. The molecule has 0 aliphatic heterocycles. The lowest BCUT2D eigenvalue weighted by Gasteiger charge is -2.26. The molecule has 0 bridgehead atoms.